The molecule has 0 bridgehead atoms. The van der Waals surface area contributed by atoms with E-state index in [4.69, 9.17) is 4.74 Å². The van der Waals surface area contributed by atoms with E-state index in [1.165, 1.54) is 0 Å². The van der Waals surface area contributed by atoms with Crippen LogP contribution in [0.25, 0.3) is 0 Å². The molecular weight excluding hydrogens is 190 g/mol. The average Bonchev–Trinajstić information content (AvgIpc) is 2.27. The van der Waals surface area contributed by atoms with E-state index in [1.54, 1.807) is 26.1 Å². The zero-order valence-corrected chi connectivity index (χ0v) is 9.65. The second-order valence-corrected chi connectivity index (χ2v) is 3.73. The van der Waals surface area contributed by atoms with E-state index in [2.05, 4.69) is 0 Å². The van der Waals surface area contributed by atoms with Crippen molar-refractivity contribution in [1.29, 1.82) is 0 Å². The first-order valence-electron chi connectivity index (χ1n) is 4.91. The Balaban J connectivity index is 2.82. The van der Waals surface area contributed by atoms with Crippen molar-refractivity contribution in [2.24, 2.45) is 0 Å². The van der Waals surface area contributed by atoms with Gasteiger partial charge in [-0.3, -0.25) is 4.79 Å². The molecule has 3 nitrogen and oxygen atoms in total. The highest BCUT2D eigenvalue weighted by atomic mass is 16.5. The molecule has 1 amide bonds. The molecule has 0 heterocycles. The van der Waals surface area contributed by atoms with Crippen LogP contribution >= 0.6 is 0 Å². The third kappa shape index (κ3) is 2.72. The lowest BCUT2D eigenvalue weighted by Gasteiger charge is -2.17. The Hall–Kier alpha value is -1.51. The molecule has 0 aliphatic carbocycles. The lowest BCUT2D eigenvalue weighted by atomic mass is 10.00. The minimum Gasteiger partial charge on any atom is -0.497 e. The van der Waals surface area contributed by atoms with Crippen LogP contribution in [0.3, 0.4) is 0 Å². The van der Waals surface area contributed by atoms with Crippen LogP contribution in [-0.4, -0.2) is 32.0 Å². The molecule has 0 aliphatic heterocycles. The predicted molar refractivity (Wildman–Crippen MR) is 60.1 cm³/mol. The Morgan fingerprint density at radius 3 is 2.20 bits per heavy atom. The van der Waals surface area contributed by atoms with Crippen LogP contribution < -0.4 is 4.74 Å². The van der Waals surface area contributed by atoms with Crippen LogP contribution in [0, 0.1) is 0 Å². The number of nitrogens with zero attached hydrogens (tertiary/aromatic N) is 1. The lowest BCUT2D eigenvalue weighted by molar-refractivity contribution is -0.129. The van der Waals surface area contributed by atoms with E-state index in [0.717, 1.165) is 11.3 Å². The fourth-order valence-corrected chi connectivity index (χ4v) is 1.42. The predicted octanol–water partition coefficient (Wildman–Crippen LogP) is 1.89. The van der Waals surface area contributed by atoms with Crippen molar-refractivity contribution in [3.8, 4) is 5.75 Å². The van der Waals surface area contributed by atoms with Gasteiger partial charge in [-0.05, 0) is 24.6 Å². The smallest absolute Gasteiger partial charge is 0.229 e. The van der Waals surface area contributed by atoms with Crippen LogP contribution in [-0.2, 0) is 4.79 Å². The van der Waals surface area contributed by atoms with Crippen molar-refractivity contribution >= 4 is 5.91 Å². The van der Waals surface area contributed by atoms with Gasteiger partial charge in [-0.15, -0.1) is 0 Å². The number of hydrogen-bond donors (Lipinski definition) is 0. The SMILES string of the molecule is COc1ccc([C@@H](C)C(=O)N(C)C)cc1. The second kappa shape index (κ2) is 4.82. The minimum absolute atomic E-state index is 0.106. The van der Waals surface area contributed by atoms with Crippen LogP contribution in [0.5, 0.6) is 5.75 Å². The summed E-state index contributed by atoms with van der Waals surface area (Å²) in [6.45, 7) is 1.91. The first-order valence-corrected chi connectivity index (χ1v) is 4.91. The molecule has 0 saturated carbocycles. The van der Waals surface area contributed by atoms with Crippen molar-refractivity contribution in [3.05, 3.63) is 29.8 Å². The normalized spacial score (nSPS) is 12.0. The molecule has 0 radical (unpaired) electrons. The Bertz CT molecular complexity index is 330. The number of hydrogen-bond acceptors (Lipinski definition) is 2. The van der Waals surface area contributed by atoms with Gasteiger partial charge < -0.3 is 9.64 Å². The van der Waals surface area contributed by atoms with Crippen molar-refractivity contribution in [2.75, 3.05) is 21.2 Å². The van der Waals surface area contributed by atoms with E-state index < -0.39 is 0 Å². The molecule has 1 rings (SSSR count). The van der Waals surface area contributed by atoms with Crippen LogP contribution in [0.2, 0.25) is 0 Å². The van der Waals surface area contributed by atoms with E-state index in [-0.39, 0.29) is 11.8 Å². The number of likely N-dealkylation sites (N-methyl/N-ethyl adjacent to an activating group) is 1. The Kier molecular flexibility index (Phi) is 3.72. The molecule has 1 atom stereocenters. The van der Waals surface area contributed by atoms with Crippen molar-refractivity contribution < 1.29 is 9.53 Å². The highest BCUT2D eigenvalue weighted by molar-refractivity contribution is 5.82. The number of amides is 1. The van der Waals surface area contributed by atoms with Gasteiger partial charge in [-0.2, -0.15) is 0 Å². The molecule has 82 valence electrons. The molecule has 0 aliphatic rings. The number of benzene rings is 1. The first-order chi connectivity index (χ1) is 7.06. The van der Waals surface area contributed by atoms with Crippen molar-refractivity contribution in [1.82, 2.24) is 4.90 Å². The Morgan fingerprint density at radius 2 is 1.80 bits per heavy atom. The Labute approximate surface area is 90.7 Å². The minimum atomic E-state index is -0.106. The molecule has 0 aromatic heterocycles. The highest BCUT2D eigenvalue weighted by Crippen LogP contribution is 2.20. The second-order valence-electron chi connectivity index (χ2n) is 3.73. The third-order valence-electron chi connectivity index (χ3n) is 2.43. The maximum absolute atomic E-state index is 11.7. The number of carbonyl (C=O) groups is 1. The van der Waals surface area contributed by atoms with Crippen LogP contribution in [0.15, 0.2) is 24.3 Å². The van der Waals surface area contributed by atoms with Crippen LogP contribution in [0.1, 0.15) is 18.4 Å². The van der Waals surface area contributed by atoms with E-state index in [9.17, 15) is 4.79 Å². The molecule has 0 fully saturated rings. The molecular formula is C12H17NO2. The van der Waals surface area contributed by atoms with Gasteiger partial charge in [-0.25, -0.2) is 0 Å². The molecule has 1 aromatic rings. The number of carbonyl (C=O) groups excluding carboxylic acids is 1. The van der Waals surface area contributed by atoms with Gasteiger partial charge in [0.15, 0.2) is 0 Å². The Morgan fingerprint density at radius 1 is 1.27 bits per heavy atom. The van der Waals surface area contributed by atoms with E-state index in [1.807, 2.05) is 31.2 Å². The average molecular weight is 207 g/mol. The van der Waals surface area contributed by atoms with Gasteiger partial charge in [0.1, 0.15) is 5.75 Å². The fourth-order valence-electron chi connectivity index (χ4n) is 1.42. The summed E-state index contributed by atoms with van der Waals surface area (Å²) in [5.74, 6) is 0.814. The summed E-state index contributed by atoms with van der Waals surface area (Å²) in [5.41, 5.74) is 1.01. The quantitative estimate of drug-likeness (QED) is 0.757. The summed E-state index contributed by atoms with van der Waals surface area (Å²) in [6.07, 6.45) is 0. The van der Waals surface area contributed by atoms with Gasteiger partial charge in [-0.1, -0.05) is 12.1 Å². The zero-order chi connectivity index (χ0) is 11.4. The van der Waals surface area contributed by atoms with Gasteiger partial charge in [0.25, 0.3) is 0 Å². The summed E-state index contributed by atoms with van der Waals surface area (Å²) in [6, 6.07) is 7.58. The van der Waals surface area contributed by atoms with E-state index >= 15 is 0 Å². The van der Waals surface area contributed by atoms with Gasteiger partial charge in [0.05, 0.1) is 13.0 Å². The van der Waals surface area contributed by atoms with Gasteiger partial charge in [0, 0.05) is 14.1 Å². The lowest BCUT2D eigenvalue weighted by Crippen LogP contribution is -2.26. The molecule has 0 N–H and O–H groups in total. The van der Waals surface area contributed by atoms with Crippen molar-refractivity contribution in [3.63, 3.8) is 0 Å². The van der Waals surface area contributed by atoms with E-state index in [0.29, 0.717) is 0 Å². The number of rotatable bonds is 3. The number of methoxy groups -OCH3 is 1. The molecule has 15 heavy (non-hydrogen) atoms. The maximum atomic E-state index is 11.7. The molecule has 1 aromatic carbocycles. The van der Waals surface area contributed by atoms with Crippen LogP contribution in [0.4, 0.5) is 0 Å². The third-order valence-corrected chi connectivity index (χ3v) is 2.43. The molecule has 3 heteroatoms. The topological polar surface area (TPSA) is 29.5 Å². The summed E-state index contributed by atoms with van der Waals surface area (Å²) >= 11 is 0. The van der Waals surface area contributed by atoms with Gasteiger partial charge in [0.2, 0.25) is 5.91 Å². The monoisotopic (exact) mass is 207 g/mol. The summed E-state index contributed by atoms with van der Waals surface area (Å²) in [7, 11) is 5.16. The molecule has 0 spiro atoms. The zero-order valence-electron chi connectivity index (χ0n) is 9.65. The fraction of sp³-hybridized carbons (Fsp3) is 0.417. The van der Waals surface area contributed by atoms with Gasteiger partial charge >= 0.3 is 0 Å². The summed E-state index contributed by atoms with van der Waals surface area (Å²) in [5, 5.41) is 0. The molecule has 0 saturated heterocycles. The van der Waals surface area contributed by atoms with Crippen molar-refractivity contribution in [2.45, 2.75) is 12.8 Å². The standard InChI is InChI=1S/C12H17NO2/c1-9(12(14)13(2)3)10-5-7-11(15-4)8-6-10/h5-9H,1-4H3/t9-/m1/s1. The largest absolute Gasteiger partial charge is 0.497 e. The number of ether oxygens (including phenoxy) is 1. The summed E-state index contributed by atoms with van der Waals surface area (Å²) in [4.78, 5) is 13.3. The summed E-state index contributed by atoms with van der Waals surface area (Å²) < 4.78 is 5.06. The highest BCUT2D eigenvalue weighted by Gasteiger charge is 2.16. The maximum Gasteiger partial charge on any atom is 0.229 e. The molecule has 0 unspecified atom stereocenters. The first kappa shape index (κ1) is 11.6.